The van der Waals surface area contributed by atoms with Crippen LogP contribution in [0.3, 0.4) is 0 Å². The van der Waals surface area contributed by atoms with Gasteiger partial charge in [-0.05, 0) is 98.8 Å². The van der Waals surface area contributed by atoms with Gasteiger partial charge in [0, 0.05) is 18.2 Å². The lowest BCUT2D eigenvalue weighted by molar-refractivity contribution is 0.0934. The number of nitrogens with one attached hydrogen (secondary N) is 1. The van der Waals surface area contributed by atoms with Crippen LogP contribution in [0.4, 0.5) is 22.0 Å². The molecule has 1 saturated heterocycles. The number of rotatable bonds is 8. The molecule has 1 heterocycles. The molecule has 0 bridgehead atoms. The van der Waals surface area contributed by atoms with Crippen molar-refractivity contribution in [1.82, 2.24) is 10.2 Å². The van der Waals surface area contributed by atoms with Crippen LogP contribution < -0.4 is 10.1 Å². The summed E-state index contributed by atoms with van der Waals surface area (Å²) in [5.74, 6) is -4.90. The van der Waals surface area contributed by atoms with Crippen molar-refractivity contribution in [1.29, 1.82) is 0 Å². The van der Waals surface area contributed by atoms with Gasteiger partial charge in [0.15, 0.2) is 34.8 Å². The summed E-state index contributed by atoms with van der Waals surface area (Å²) in [5, 5.41) is 2.94. The maximum Gasteiger partial charge on any atom is 0.251 e. The molecular weight excluding hydrogens is 563 g/mol. The van der Waals surface area contributed by atoms with Gasteiger partial charge in [0.05, 0.1) is 0 Å². The lowest BCUT2D eigenvalue weighted by Crippen LogP contribution is -2.37. The van der Waals surface area contributed by atoms with E-state index < -0.39 is 41.0 Å². The van der Waals surface area contributed by atoms with E-state index in [9.17, 15) is 26.7 Å². The van der Waals surface area contributed by atoms with Gasteiger partial charge in [-0.15, -0.1) is 0 Å². The smallest absolute Gasteiger partial charge is 0.251 e. The highest BCUT2D eigenvalue weighted by molar-refractivity contribution is 5.94. The maximum atomic E-state index is 14.8. The predicted molar refractivity (Wildman–Crippen MR) is 156 cm³/mol. The number of hydrogen-bond donors (Lipinski definition) is 1. The molecule has 5 rings (SSSR count). The van der Waals surface area contributed by atoms with E-state index in [4.69, 9.17) is 4.74 Å². The normalized spacial score (nSPS) is 19.5. The number of carbonyl (C=O) groups excluding carboxylic acids is 1. The Labute approximate surface area is 247 Å². The van der Waals surface area contributed by atoms with E-state index in [2.05, 4.69) is 10.2 Å². The van der Waals surface area contributed by atoms with E-state index in [-0.39, 0.29) is 11.3 Å². The van der Waals surface area contributed by atoms with Crippen LogP contribution in [0.15, 0.2) is 65.7 Å². The Bertz CT molecular complexity index is 1460. The van der Waals surface area contributed by atoms with Crippen molar-refractivity contribution in [2.45, 2.75) is 44.6 Å². The van der Waals surface area contributed by atoms with Gasteiger partial charge >= 0.3 is 0 Å². The van der Waals surface area contributed by atoms with Crippen molar-refractivity contribution in [3.05, 3.63) is 112 Å². The van der Waals surface area contributed by atoms with Crippen LogP contribution in [0, 0.1) is 29.1 Å². The second-order valence-corrected chi connectivity index (χ2v) is 11.1. The average molecular weight is 597 g/mol. The Hall–Kier alpha value is -3.98. The van der Waals surface area contributed by atoms with Crippen molar-refractivity contribution in [3.8, 4) is 5.75 Å². The van der Waals surface area contributed by atoms with Crippen molar-refractivity contribution in [3.63, 3.8) is 0 Å². The van der Waals surface area contributed by atoms with Crippen LogP contribution >= 0.6 is 0 Å². The Morgan fingerprint density at radius 1 is 0.767 bits per heavy atom. The number of halogens is 5. The highest BCUT2D eigenvalue weighted by atomic mass is 19.2. The lowest BCUT2D eigenvalue weighted by atomic mass is 9.84. The first-order valence-electron chi connectivity index (χ1n) is 14.5. The highest BCUT2D eigenvalue weighted by Crippen LogP contribution is 2.32. The Morgan fingerprint density at radius 2 is 1.37 bits per heavy atom. The summed E-state index contributed by atoms with van der Waals surface area (Å²) < 4.78 is 75.1. The summed E-state index contributed by atoms with van der Waals surface area (Å²) in [4.78, 5) is 15.4. The molecule has 2 fully saturated rings. The van der Waals surface area contributed by atoms with E-state index in [0.29, 0.717) is 43.5 Å². The van der Waals surface area contributed by atoms with E-state index in [1.54, 1.807) is 12.2 Å². The first kappa shape index (κ1) is 30.5. The van der Waals surface area contributed by atoms with Gasteiger partial charge in [0.1, 0.15) is 6.61 Å². The number of nitrogens with zero attached hydrogens (tertiary/aromatic N) is 1. The Kier molecular flexibility index (Phi) is 9.92. The van der Waals surface area contributed by atoms with Crippen molar-refractivity contribution < 1.29 is 31.5 Å². The SMILES string of the molecule is O=C(NC1C/C(=C\c2ccc(F)c(F)c2)C/C(=C/c2ccc(F)c(F)c2)C1)c1ccc(OCCN2CCCCC2)c(F)c1. The fourth-order valence-corrected chi connectivity index (χ4v) is 5.63. The standard InChI is InChI=1S/C34H33F5N2O2/c35-28-7-4-22(19-30(28)37)14-24-16-25(15-23-5-8-29(36)31(38)20-23)18-27(17-24)40-34(42)26-6-9-33(32(39)21-26)43-13-12-41-10-2-1-3-11-41/h4-9,14-15,19-21,27H,1-3,10-13,16-18H2,(H,40,42)/b24-14-,25-15-. The highest BCUT2D eigenvalue weighted by Gasteiger charge is 2.24. The fraction of sp³-hybridized carbons (Fsp3) is 0.324. The molecule has 0 unspecified atom stereocenters. The van der Waals surface area contributed by atoms with Gasteiger partial charge in [-0.2, -0.15) is 0 Å². The number of ether oxygens (including phenoxy) is 1. The predicted octanol–water partition coefficient (Wildman–Crippen LogP) is 7.70. The molecule has 0 aromatic heterocycles. The van der Waals surface area contributed by atoms with E-state index in [0.717, 1.165) is 67.4 Å². The topological polar surface area (TPSA) is 41.6 Å². The molecule has 4 nitrogen and oxygen atoms in total. The summed E-state index contributed by atoms with van der Waals surface area (Å²) in [5.41, 5.74) is 2.67. The maximum absolute atomic E-state index is 14.8. The second kappa shape index (κ2) is 14.0. The number of carbonyl (C=O) groups is 1. The number of likely N-dealkylation sites (tertiary alicyclic amines) is 1. The molecule has 0 spiro atoms. The van der Waals surface area contributed by atoms with Crippen LogP contribution in [-0.4, -0.2) is 43.1 Å². The van der Waals surface area contributed by atoms with Crippen LogP contribution in [0.25, 0.3) is 12.2 Å². The van der Waals surface area contributed by atoms with Gasteiger partial charge in [-0.1, -0.05) is 41.9 Å². The minimum Gasteiger partial charge on any atom is -0.489 e. The van der Waals surface area contributed by atoms with Gasteiger partial charge in [0.25, 0.3) is 5.91 Å². The third-order valence-corrected chi connectivity index (χ3v) is 7.74. The molecule has 3 aromatic rings. The number of hydrogen-bond acceptors (Lipinski definition) is 3. The van der Waals surface area contributed by atoms with Gasteiger partial charge < -0.3 is 10.1 Å². The van der Waals surface area contributed by atoms with Crippen molar-refractivity contribution in [2.24, 2.45) is 0 Å². The van der Waals surface area contributed by atoms with E-state index in [1.807, 2.05) is 0 Å². The first-order chi connectivity index (χ1) is 20.7. The Morgan fingerprint density at radius 3 is 1.93 bits per heavy atom. The molecule has 1 amide bonds. The molecule has 3 aromatic carbocycles. The average Bonchev–Trinajstić information content (AvgIpc) is 2.98. The second-order valence-electron chi connectivity index (χ2n) is 11.1. The van der Waals surface area contributed by atoms with Gasteiger partial charge in [-0.3, -0.25) is 9.69 Å². The fourth-order valence-electron chi connectivity index (χ4n) is 5.63. The minimum absolute atomic E-state index is 0.0831. The number of piperidine rings is 1. The molecule has 1 aliphatic heterocycles. The van der Waals surface area contributed by atoms with Crippen LogP contribution in [-0.2, 0) is 0 Å². The molecule has 1 N–H and O–H groups in total. The van der Waals surface area contributed by atoms with Crippen LogP contribution in [0.2, 0.25) is 0 Å². The third kappa shape index (κ3) is 8.32. The molecule has 2 aliphatic rings. The molecule has 9 heteroatoms. The summed E-state index contributed by atoms with van der Waals surface area (Å²) in [6.45, 7) is 3.10. The monoisotopic (exact) mass is 596 g/mol. The largest absolute Gasteiger partial charge is 0.489 e. The van der Waals surface area contributed by atoms with E-state index in [1.165, 1.54) is 30.7 Å². The first-order valence-corrected chi connectivity index (χ1v) is 14.5. The summed E-state index contributed by atoms with van der Waals surface area (Å²) in [6.07, 6.45) is 8.22. The summed E-state index contributed by atoms with van der Waals surface area (Å²) in [6, 6.07) is 10.8. The number of amides is 1. The molecular formula is C34H33F5N2O2. The summed E-state index contributed by atoms with van der Waals surface area (Å²) >= 11 is 0. The quantitative estimate of drug-likeness (QED) is 0.271. The molecule has 1 aliphatic carbocycles. The van der Waals surface area contributed by atoms with Gasteiger partial charge in [0.2, 0.25) is 0 Å². The zero-order valence-electron chi connectivity index (χ0n) is 23.7. The Balaban J connectivity index is 1.29. The van der Waals surface area contributed by atoms with E-state index >= 15 is 0 Å². The summed E-state index contributed by atoms with van der Waals surface area (Å²) in [7, 11) is 0. The minimum atomic E-state index is -0.978. The third-order valence-electron chi connectivity index (χ3n) is 7.74. The molecule has 1 saturated carbocycles. The molecule has 226 valence electrons. The molecule has 0 radical (unpaired) electrons. The zero-order chi connectivity index (χ0) is 30.3. The van der Waals surface area contributed by atoms with Gasteiger partial charge in [-0.25, -0.2) is 22.0 Å². The lowest BCUT2D eigenvalue weighted by Gasteiger charge is -2.28. The van der Waals surface area contributed by atoms with Crippen LogP contribution in [0.1, 0.15) is 60.0 Å². The van der Waals surface area contributed by atoms with Crippen molar-refractivity contribution >= 4 is 18.1 Å². The molecule has 43 heavy (non-hydrogen) atoms. The molecule has 0 atom stereocenters. The zero-order valence-corrected chi connectivity index (χ0v) is 23.7. The van der Waals surface area contributed by atoms with Crippen molar-refractivity contribution in [2.75, 3.05) is 26.2 Å². The van der Waals surface area contributed by atoms with Crippen LogP contribution in [0.5, 0.6) is 5.75 Å². The number of benzene rings is 3.